The minimum Gasteiger partial charge on any atom is -0.383 e. The maximum Gasteiger partial charge on any atom is 0.317 e. The third-order valence-corrected chi connectivity index (χ3v) is 5.81. The largest absolute Gasteiger partial charge is 0.383 e. The molecule has 2 amide bonds. The zero-order valence-electron chi connectivity index (χ0n) is 15.2. The van der Waals surface area contributed by atoms with Gasteiger partial charge < -0.3 is 15.0 Å². The number of hydrogen-bond acceptors (Lipinski definition) is 4. The summed E-state index contributed by atoms with van der Waals surface area (Å²) in [5, 5.41) is 5.23. The number of likely N-dealkylation sites (tertiary alicyclic amines) is 1. The number of nitrogens with zero attached hydrogens (tertiary/aromatic N) is 2. The van der Waals surface area contributed by atoms with E-state index < -0.39 is 0 Å². The SMILES string of the molecule is CCN1CCCCC1CNC(=O)N(CCOC)Cc1sccc1C. The van der Waals surface area contributed by atoms with Crippen LogP contribution in [0.3, 0.4) is 0 Å². The van der Waals surface area contributed by atoms with Gasteiger partial charge in [0.1, 0.15) is 0 Å². The van der Waals surface area contributed by atoms with Crippen LogP contribution in [-0.2, 0) is 11.3 Å². The first-order chi connectivity index (χ1) is 11.7. The van der Waals surface area contributed by atoms with Crippen molar-refractivity contribution in [2.24, 2.45) is 0 Å². The van der Waals surface area contributed by atoms with Crippen molar-refractivity contribution in [2.75, 3.05) is 39.9 Å². The summed E-state index contributed by atoms with van der Waals surface area (Å²) in [7, 11) is 1.67. The smallest absolute Gasteiger partial charge is 0.317 e. The quantitative estimate of drug-likeness (QED) is 0.781. The zero-order valence-corrected chi connectivity index (χ0v) is 16.0. The third-order valence-electron chi connectivity index (χ3n) is 4.80. The Morgan fingerprint density at radius 2 is 2.33 bits per heavy atom. The molecule has 2 rings (SSSR count). The van der Waals surface area contributed by atoms with Gasteiger partial charge in [-0.1, -0.05) is 13.3 Å². The van der Waals surface area contributed by atoms with Crippen LogP contribution in [0.1, 0.15) is 36.6 Å². The molecule has 1 atom stereocenters. The number of amides is 2. The van der Waals surface area contributed by atoms with Gasteiger partial charge >= 0.3 is 6.03 Å². The summed E-state index contributed by atoms with van der Waals surface area (Å²) >= 11 is 1.71. The summed E-state index contributed by atoms with van der Waals surface area (Å²) in [5.74, 6) is 0. The molecule has 5 nitrogen and oxygen atoms in total. The van der Waals surface area contributed by atoms with E-state index in [9.17, 15) is 4.79 Å². The molecular formula is C18H31N3O2S. The molecule has 0 aromatic carbocycles. The highest BCUT2D eigenvalue weighted by Gasteiger charge is 2.22. The highest BCUT2D eigenvalue weighted by molar-refractivity contribution is 7.10. The fourth-order valence-electron chi connectivity index (χ4n) is 3.22. The Morgan fingerprint density at radius 1 is 1.50 bits per heavy atom. The van der Waals surface area contributed by atoms with Crippen LogP contribution in [0, 0.1) is 6.92 Å². The van der Waals surface area contributed by atoms with Crippen LogP contribution in [0.4, 0.5) is 4.79 Å². The predicted octanol–water partition coefficient (Wildman–Crippen LogP) is 3.09. The van der Waals surface area contributed by atoms with E-state index >= 15 is 0 Å². The van der Waals surface area contributed by atoms with Gasteiger partial charge in [-0.15, -0.1) is 11.3 Å². The molecule has 1 saturated heterocycles. The van der Waals surface area contributed by atoms with Crippen molar-refractivity contribution in [3.63, 3.8) is 0 Å². The van der Waals surface area contributed by atoms with Gasteiger partial charge in [0, 0.05) is 31.1 Å². The standard InChI is InChI=1S/C18H31N3O2S/c1-4-20-9-6-5-7-16(20)13-19-18(22)21(10-11-23-3)14-17-15(2)8-12-24-17/h8,12,16H,4-7,9-11,13-14H2,1-3H3,(H,19,22). The Hall–Kier alpha value is -1.11. The second-order valence-corrected chi connectivity index (χ2v) is 7.41. The number of carbonyl (C=O) groups excluding carboxylic acids is 1. The number of hydrogen-bond donors (Lipinski definition) is 1. The van der Waals surface area contributed by atoms with E-state index in [0.717, 1.165) is 19.6 Å². The van der Waals surface area contributed by atoms with Crippen LogP contribution in [-0.4, -0.2) is 61.8 Å². The molecule has 0 aliphatic carbocycles. The molecule has 6 heteroatoms. The van der Waals surface area contributed by atoms with Gasteiger partial charge in [0.25, 0.3) is 0 Å². The summed E-state index contributed by atoms with van der Waals surface area (Å²) in [4.78, 5) is 18.3. The Morgan fingerprint density at radius 3 is 3.00 bits per heavy atom. The van der Waals surface area contributed by atoms with E-state index in [0.29, 0.717) is 25.7 Å². The minimum atomic E-state index is 0.0153. The van der Waals surface area contributed by atoms with Crippen LogP contribution in [0.5, 0.6) is 0 Å². The summed E-state index contributed by atoms with van der Waals surface area (Å²) in [6, 6.07) is 2.59. The number of urea groups is 1. The van der Waals surface area contributed by atoms with Crippen molar-refractivity contribution in [3.05, 3.63) is 21.9 Å². The number of methoxy groups -OCH3 is 1. The van der Waals surface area contributed by atoms with Crippen molar-refractivity contribution in [2.45, 2.75) is 45.7 Å². The van der Waals surface area contributed by atoms with Crippen molar-refractivity contribution >= 4 is 17.4 Å². The first kappa shape index (κ1) is 19.2. The number of likely N-dealkylation sites (N-methyl/N-ethyl adjacent to an activating group) is 1. The summed E-state index contributed by atoms with van der Waals surface area (Å²) < 4.78 is 5.17. The van der Waals surface area contributed by atoms with Crippen molar-refractivity contribution in [1.82, 2.24) is 15.1 Å². The highest BCUT2D eigenvalue weighted by atomic mass is 32.1. The van der Waals surface area contributed by atoms with E-state index in [1.165, 1.54) is 29.7 Å². The molecule has 1 aliphatic heterocycles. The van der Waals surface area contributed by atoms with Gasteiger partial charge in [-0.3, -0.25) is 4.90 Å². The second kappa shape index (κ2) is 10.0. The summed E-state index contributed by atoms with van der Waals surface area (Å²) in [6.45, 7) is 9.07. The Balaban J connectivity index is 1.90. The number of nitrogens with one attached hydrogen (secondary N) is 1. The maximum absolute atomic E-state index is 12.7. The molecule has 1 aromatic heterocycles. The first-order valence-electron chi connectivity index (χ1n) is 8.94. The number of ether oxygens (including phenoxy) is 1. The van der Waals surface area contributed by atoms with Gasteiger partial charge in [0.2, 0.25) is 0 Å². The fraction of sp³-hybridized carbons (Fsp3) is 0.722. The second-order valence-electron chi connectivity index (χ2n) is 6.41. The Kier molecular flexibility index (Phi) is 8.02. The van der Waals surface area contributed by atoms with E-state index in [4.69, 9.17) is 4.74 Å². The van der Waals surface area contributed by atoms with Gasteiger partial charge in [-0.2, -0.15) is 0 Å². The molecule has 1 fully saturated rings. The average Bonchev–Trinajstić information content (AvgIpc) is 3.01. The van der Waals surface area contributed by atoms with Crippen LogP contribution in [0.15, 0.2) is 11.4 Å². The third kappa shape index (κ3) is 5.46. The topological polar surface area (TPSA) is 44.8 Å². The maximum atomic E-state index is 12.7. The molecule has 24 heavy (non-hydrogen) atoms. The van der Waals surface area contributed by atoms with Crippen molar-refractivity contribution < 1.29 is 9.53 Å². The zero-order chi connectivity index (χ0) is 17.4. The lowest BCUT2D eigenvalue weighted by Gasteiger charge is -2.35. The highest BCUT2D eigenvalue weighted by Crippen LogP contribution is 2.18. The molecular weight excluding hydrogens is 322 g/mol. The average molecular weight is 354 g/mol. The molecule has 1 unspecified atom stereocenters. The van der Waals surface area contributed by atoms with Crippen LogP contribution in [0.2, 0.25) is 0 Å². The van der Waals surface area contributed by atoms with E-state index in [2.05, 4.69) is 35.5 Å². The lowest BCUT2D eigenvalue weighted by molar-refractivity contribution is 0.135. The molecule has 136 valence electrons. The normalized spacial score (nSPS) is 18.5. The van der Waals surface area contributed by atoms with Crippen LogP contribution < -0.4 is 5.32 Å². The van der Waals surface area contributed by atoms with Gasteiger partial charge in [0.15, 0.2) is 0 Å². The summed E-state index contributed by atoms with van der Waals surface area (Å²) in [6.07, 6.45) is 3.71. The van der Waals surface area contributed by atoms with Crippen molar-refractivity contribution in [3.8, 4) is 0 Å². The molecule has 1 aromatic rings. The molecule has 0 saturated carbocycles. The predicted molar refractivity (Wildman–Crippen MR) is 99.6 cm³/mol. The van der Waals surface area contributed by atoms with E-state index in [1.807, 2.05) is 4.90 Å². The van der Waals surface area contributed by atoms with Crippen LogP contribution >= 0.6 is 11.3 Å². The van der Waals surface area contributed by atoms with Gasteiger partial charge in [-0.05, 0) is 49.9 Å². The molecule has 1 aliphatic rings. The van der Waals surface area contributed by atoms with E-state index in [1.54, 1.807) is 18.4 Å². The fourth-order valence-corrected chi connectivity index (χ4v) is 4.14. The number of piperidine rings is 1. The van der Waals surface area contributed by atoms with Gasteiger partial charge in [-0.25, -0.2) is 4.79 Å². The van der Waals surface area contributed by atoms with Gasteiger partial charge in [0.05, 0.1) is 13.2 Å². The molecule has 0 spiro atoms. The number of aryl methyl sites for hydroxylation is 1. The number of rotatable bonds is 8. The molecule has 0 radical (unpaired) electrons. The molecule has 0 bridgehead atoms. The summed E-state index contributed by atoms with van der Waals surface area (Å²) in [5.41, 5.74) is 1.25. The monoisotopic (exact) mass is 353 g/mol. The van der Waals surface area contributed by atoms with E-state index in [-0.39, 0.29) is 6.03 Å². The minimum absolute atomic E-state index is 0.0153. The lowest BCUT2D eigenvalue weighted by Crippen LogP contribution is -2.49. The Labute approximate surface area is 150 Å². The number of thiophene rings is 1. The number of carbonyl (C=O) groups is 1. The lowest BCUT2D eigenvalue weighted by atomic mass is 10.0. The molecule has 1 N–H and O–H groups in total. The molecule has 2 heterocycles. The van der Waals surface area contributed by atoms with Crippen molar-refractivity contribution in [1.29, 1.82) is 0 Å². The van der Waals surface area contributed by atoms with Crippen LogP contribution in [0.25, 0.3) is 0 Å². The Bertz CT molecular complexity index is 506. The first-order valence-corrected chi connectivity index (χ1v) is 9.82.